The number of para-hydroxylation sites is 1. The second-order valence-corrected chi connectivity index (χ2v) is 4.24. The molecule has 0 saturated heterocycles. The van der Waals surface area contributed by atoms with Crippen molar-refractivity contribution in [3.8, 4) is 17.2 Å². The highest BCUT2D eigenvalue weighted by atomic mass is 35.5. The molecule has 18 heavy (non-hydrogen) atoms. The Bertz CT molecular complexity index is 689. The van der Waals surface area contributed by atoms with Gasteiger partial charge in [-0.25, -0.2) is 4.98 Å². The van der Waals surface area contributed by atoms with Gasteiger partial charge in [0, 0.05) is 5.56 Å². The van der Waals surface area contributed by atoms with E-state index < -0.39 is 0 Å². The van der Waals surface area contributed by atoms with Crippen molar-refractivity contribution in [1.82, 2.24) is 4.98 Å². The monoisotopic (exact) mass is 259 g/mol. The van der Waals surface area contributed by atoms with Gasteiger partial charge in [0.1, 0.15) is 11.3 Å². The Hall–Kier alpha value is -2.00. The Kier molecular flexibility index (Phi) is 2.68. The lowest BCUT2D eigenvalue weighted by atomic mass is 10.2. The second kappa shape index (κ2) is 4.35. The largest absolute Gasteiger partial charge is 0.497 e. The predicted octanol–water partition coefficient (Wildman–Crippen LogP) is 4.16. The number of aromatic nitrogens is 1. The van der Waals surface area contributed by atoms with E-state index in [1.807, 2.05) is 36.4 Å². The number of benzene rings is 2. The molecule has 0 unspecified atom stereocenters. The van der Waals surface area contributed by atoms with Crippen LogP contribution in [0, 0.1) is 0 Å². The molecule has 0 aliphatic rings. The van der Waals surface area contributed by atoms with Gasteiger partial charge in [0.05, 0.1) is 12.1 Å². The average molecular weight is 260 g/mol. The van der Waals surface area contributed by atoms with Crippen molar-refractivity contribution in [3.63, 3.8) is 0 Å². The number of halogens is 1. The van der Waals surface area contributed by atoms with Gasteiger partial charge >= 0.3 is 0 Å². The Morgan fingerprint density at radius 2 is 1.89 bits per heavy atom. The molecular weight excluding hydrogens is 250 g/mol. The quantitative estimate of drug-likeness (QED) is 0.693. The van der Waals surface area contributed by atoms with Gasteiger partial charge in [-0.05, 0) is 36.4 Å². The maximum absolute atomic E-state index is 6.05. The van der Waals surface area contributed by atoms with E-state index in [0.717, 1.165) is 16.8 Å². The van der Waals surface area contributed by atoms with Crippen LogP contribution in [0.5, 0.6) is 5.75 Å². The third-order valence-electron chi connectivity index (χ3n) is 2.70. The summed E-state index contributed by atoms with van der Waals surface area (Å²) in [5.74, 6) is 1.36. The number of ether oxygens (including phenoxy) is 1. The fourth-order valence-corrected chi connectivity index (χ4v) is 1.98. The van der Waals surface area contributed by atoms with Gasteiger partial charge < -0.3 is 9.15 Å². The molecule has 3 aromatic rings. The van der Waals surface area contributed by atoms with Crippen LogP contribution in [0.1, 0.15) is 0 Å². The first-order valence-electron chi connectivity index (χ1n) is 5.47. The Morgan fingerprint density at radius 1 is 1.11 bits per heavy atom. The van der Waals surface area contributed by atoms with Crippen LogP contribution in [-0.4, -0.2) is 12.1 Å². The van der Waals surface area contributed by atoms with Crippen LogP contribution in [-0.2, 0) is 0 Å². The summed E-state index contributed by atoms with van der Waals surface area (Å²) in [6.45, 7) is 0. The van der Waals surface area contributed by atoms with Crippen LogP contribution < -0.4 is 4.74 Å². The van der Waals surface area contributed by atoms with E-state index in [2.05, 4.69) is 4.98 Å². The van der Waals surface area contributed by atoms with E-state index in [1.165, 1.54) is 0 Å². The zero-order chi connectivity index (χ0) is 12.5. The van der Waals surface area contributed by atoms with Crippen LogP contribution in [0.25, 0.3) is 22.6 Å². The van der Waals surface area contributed by atoms with Crippen molar-refractivity contribution >= 4 is 22.7 Å². The zero-order valence-electron chi connectivity index (χ0n) is 9.68. The van der Waals surface area contributed by atoms with Gasteiger partial charge in [-0.2, -0.15) is 0 Å². The lowest BCUT2D eigenvalue weighted by Crippen LogP contribution is -1.82. The van der Waals surface area contributed by atoms with Crippen LogP contribution in [0.2, 0.25) is 5.02 Å². The van der Waals surface area contributed by atoms with Crippen molar-refractivity contribution in [2.24, 2.45) is 0 Å². The molecule has 0 aliphatic carbocycles. The van der Waals surface area contributed by atoms with Crippen LogP contribution in [0.4, 0.5) is 0 Å². The molecule has 1 aromatic heterocycles. The van der Waals surface area contributed by atoms with Crippen molar-refractivity contribution in [2.75, 3.05) is 7.11 Å². The van der Waals surface area contributed by atoms with E-state index in [1.54, 1.807) is 13.2 Å². The van der Waals surface area contributed by atoms with Crippen molar-refractivity contribution in [1.29, 1.82) is 0 Å². The number of oxazole rings is 1. The van der Waals surface area contributed by atoms with Gasteiger partial charge in [-0.15, -0.1) is 0 Å². The molecular formula is C14H10ClNO2. The highest BCUT2D eigenvalue weighted by Crippen LogP contribution is 2.29. The smallest absolute Gasteiger partial charge is 0.227 e. The van der Waals surface area contributed by atoms with Gasteiger partial charge in [0.2, 0.25) is 5.89 Å². The molecule has 0 spiro atoms. The number of nitrogens with zero attached hydrogens (tertiary/aromatic N) is 1. The molecule has 90 valence electrons. The molecule has 1 heterocycles. The minimum atomic E-state index is 0.556. The summed E-state index contributed by atoms with van der Waals surface area (Å²) in [6.07, 6.45) is 0. The fourth-order valence-electron chi connectivity index (χ4n) is 1.77. The molecule has 3 rings (SSSR count). The van der Waals surface area contributed by atoms with E-state index in [4.69, 9.17) is 20.8 Å². The van der Waals surface area contributed by atoms with Gasteiger partial charge in [-0.1, -0.05) is 17.7 Å². The summed E-state index contributed by atoms with van der Waals surface area (Å²) >= 11 is 6.05. The highest BCUT2D eigenvalue weighted by molar-refractivity contribution is 6.34. The molecule has 3 nitrogen and oxygen atoms in total. The number of hydrogen-bond acceptors (Lipinski definition) is 3. The van der Waals surface area contributed by atoms with Crippen LogP contribution in [0.3, 0.4) is 0 Å². The lowest BCUT2D eigenvalue weighted by Gasteiger charge is -1.99. The van der Waals surface area contributed by atoms with E-state index in [9.17, 15) is 0 Å². The standard InChI is InChI=1S/C14H10ClNO2/c1-17-10-7-5-9(6-8-10)14-16-12-4-2-3-11(15)13(12)18-14/h2-8H,1H3. The average Bonchev–Trinajstić information content (AvgIpc) is 2.84. The summed E-state index contributed by atoms with van der Waals surface area (Å²) in [4.78, 5) is 4.41. The minimum absolute atomic E-state index is 0.556. The second-order valence-electron chi connectivity index (χ2n) is 3.84. The van der Waals surface area contributed by atoms with E-state index >= 15 is 0 Å². The molecule has 0 aliphatic heterocycles. The summed E-state index contributed by atoms with van der Waals surface area (Å²) in [5.41, 5.74) is 2.27. The maximum atomic E-state index is 6.05. The van der Waals surface area contributed by atoms with Crippen molar-refractivity contribution in [3.05, 3.63) is 47.5 Å². The van der Waals surface area contributed by atoms with Gasteiger partial charge in [0.15, 0.2) is 5.58 Å². The van der Waals surface area contributed by atoms with Crippen molar-refractivity contribution in [2.45, 2.75) is 0 Å². The molecule has 2 aromatic carbocycles. The molecule has 0 fully saturated rings. The minimum Gasteiger partial charge on any atom is -0.497 e. The predicted molar refractivity (Wildman–Crippen MR) is 71.0 cm³/mol. The molecule has 0 saturated carbocycles. The Balaban J connectivity index is 2.10. The first-order chi connectivity index (χ1) is 8.78. The number of rotatable bonds is 2. The third kappa shape index (κ3) is 1.83. The van der Waals surface area contributed by atoms with Gasteiger partial charge in [-0.3, -0.25) is 0 Å². The normalized spacial score (nSPS) is 10.8. The molecule has 0 amide bonds. The first kappa shape index (κ1) is 11.1. The molecule has 0 N–H and O–H groups in total. The summed E-state index contributed by atoms with van der Waals surface area (Å²) in [7, 11) is 1.63. The first-order valence-corrected chi connectivity index (χ1v) is 5.85. The summed E-state index contributed by atoms with van der Waals surface area (Å²) in [5, 5.41) is 0.569. The summed E-state index contributed by atoms with van der Waals surface area (Å²) < 4.78 is 10.8. The Labute approximate surface area is 109 Å². The number of fused-ring (bicyclic) bond motifs is 1. The molecule has 0 radical (unpaired) electrons. The molecule has 0 atom stereocenters. The van der Waals surface area contributed by atoms with E-state index in [-0.39, 0.29) is 0 Å². The van der Waals surface area contributed by atoms with Crippen molar-refractivity contribution < 1.29 is 9.15 Å². The fraction of sp³-hybridized carbons (Fsp3) is 0.0714. The maximum Gasteiger partial charge on any atom is 0.227 e. The van der Waals surface area contributed by atoms with Crippen LogP contribution >= 0.6 is 11.6 Å². The lowest BCUT2D eigenvalue weighted by molar-refractivity contribution is 0.415. The Morgan fingerprint density at radius 3 is 2.56 bits per heavy atom. The summed E-state index contributed by atoms with van der Waals surface area (Å²) in [6, 6.07) is 13.0. The van der Waals surface area contributed by atoms with Gasteiger partial charge in [0.25, 0.3) is 0 Å². The highest BCUT2D eigenvalue weighted by Gasteiger charge is 2.10. The topological polar surface area (TPSA) is 35.3 Å². The SMILES string of the molecule is COc1ccc(-c2nc3cccc(Cl)c3o2)cc1. The number of methoxy groups -OCH3 is 1. The zero-order valence-corrected chi connectivity index (χ0v) is 10.4. The molecule has 0 bridgehead atoms. The third-order valence-corrected chi connectivity index (χ3v) is 3.00. The number of hydrogen-bond donors (Lipinski definition) is 0. The molecule has 4 heteroatoms. The van der Waals surface area contributed by atoms with E-state index in [0.29, 0.717) is 16.5 Å². The van der Waals surface area contributed by atoms with Crippen LogP contribution in [0.15, 0.2) is 46.9 Å².